The maximum atomic E-state index is 12.3. The van der Waals surface area contributed by atoms with Crippen molar-refractivity contribution in [3.8, 4) is 0 Å². The van der Waals surface area contributed by atoms with Crippen LogP contribution in [0.1, 0.15) is 52.9 Å². The van der Waals surface area contributed by atoms with Crippen LogP contribution >= 0.6 is 0 Å². The Hall–Kier alpha value is -1.64. The first-order valence-corrected chi connectivity index (χ1v) is 5.88. The third kappa shape index (κ3) is 1.35. The van der Waals surface area contributed by atoms with Gasteiger partial charge in [0.05, 0.1) is 11.1 Å². The van der Waals surface area contributed by atoms with Crippen molar-refractivity contribution in [3.05, 3.63) is 33.7 Å². The van der Waals surface area contributed by atoms with E-state index in [1.165, 1.54) is 0 Å². The van der Waals surface area contributed by atoms with Crippen molar-refractivity contribution in [2.24, 2.45) is 0 Å². The molecule has 3 nitrogen and oxygen atoms in total. The minimum Gasteiger partial charge on any atom is -0.348 e. The lowest BCUT2D eigenvalue weighted by atomic mass is 9.86. The molecule has 0 radical (unpaired) electrons. The fourth-order valence-electron chi connectivity index (χ4n) is 2.63. The van der Waals surface area contributed by atoms with E-state index in [2.05, 4.69) is 0 Å². The highest BCUT2D eigenvalue weighted by Crippen LogP contribution is 2.32. The third-order valence-corrected chi connectivity index (χ3v) is 3.80. The quantitative estimate of drug-likeness (QED) is 0.745. The molecule has 1 aromatic heterocycles. The predicted octanol–water partition coefficient (Wildman–Crippen LogP) is 2.84. The fourth-order valence-corrected chi connectivity index (χ4v) is 2.63. The van der Waals surface area contributed by atoms with Gasteiger partial charge < -0.3 is 4.57 Å². The molecule has 2 rings (SSSR count). The second kappa shape index (κ2) is 3.69. The van der Waals surface area contributed by atoms with Gasteiger partial charge in [-0.3, -0.25) is 9.59 Å². The third-order valence-electron chi connectivity index (χ3n) is 3.80. The number of ketones is 2. The number of allylic oxidation sites excluding steroid dienone is 2. The summed E-state index contributed by atoms with van der Waals surface area (Å²) in [6.07, 6.45) is 0. The molecule has 0 spiro atoms. The number of Topliss-reactive ketones (excluding diaryl/α,β-unsaturated/α-hetero) is 2. The van der Waals surface area contributed by atoms with Gasteiger partial charge in [0.25, 0.3) is 0 Å². The normalized spacial score (nSPS) is 15.6. The summed E-state index contributed by atoms with van der Waals surface area (Å²) in [5.74, 6) is 0.00907. The van der Waals surface area contributed by atoms with E-state index in [1.54, 1.807) is 13.8 Å². The van der Waals surface area contributed by atoms with E-state index in [1.807, 2.05) is 25.3 Å². The lowest BCUT2D eigenvalue weighted by molar-refractivity contribution is 0.0975. The smallest absolute Gasteiger partial charge is 0.191 e. The molecule has 0 saturated heterocycles. The Morgan fingerprint density at radius 1 is 0.824 bits per heavy atom. The SMILES string of the molecule is CCn1c(C)c2c(c1C)C(=O)C(C)=C(C)C2=O. The van der Waals surface area contributed by atoms with Gasteiger partial charge in [-0.05, 0) is 34.6 Å². The average molecular weight is 231 g/mol. The number of aromatic nitrogens is 1. The largest absolute Gasteiger partial charge is 0.348 e. The second-order valence-electron chi connectivity index (χ2n) is 4.57. The average Bonchev–Trinajstić information content (AvgIpc) is 2.55. The van der Waals surface area contributed by atoms with Crippen LogP contribution in [0.3, 0.4) is 0 Å². The molecule has 3 heteroatoms. The summed E-state index contributed by atoms with van der Waals surface area (Å²) < 4.78 is 2.03. The molecule has 0 aliphatic heterocycles. The van der Waals surface area contributed by atoms with Gasteiger partial charge in [-0.15, -0.1) is 0 Å². The van der Waals surface area contributed by atoms with Crippen molar-refractivity contribution in [3.63, 3.8) is 0 Å². The first kappa shape index (κ1) is 11.8. The molecule has 0 atom stereocenters. The lowest BCUT2D eigenvalue weighted by Crippen LogP contribution is -2.19. The first-order chi connectivity index (χ1) is 7.91. The van der Waals surface area contributed by atoms with Crippen LogP contribution in [0.15, 0.2) is 11.1 Å². The molecule has 0 amide bonds. The van der Waals surface area contributed by atoms with E-state index in [0.29, 0.717) is 22.3 Å². The van der Waals surface area contributed by atoms with Gasteiger partial charge in [-0.1, -0.05) is 0 Å². The zero-order chi connectivity index (χ0) is 12.9. The van der Waals surface area contributed by atoms with E-state index in [9.17, 15) is 9.59 Å². The van der Waals surface area contributed by atoms with E-state index < -0.39 is 0 Å². The summed E-state index contributed by atoms with van der Waals surface area (Å²) in [7, 11) is 0. The van der Waals surface area contributed by atoms with Gasteiger partial charge in [-0.2, -0.15) is 0 Å². The van der Waals surface area contributed by atoms with Gasteiger partial charge in [0.1, 0.15) is 0 Å². The topological polar surface area (TPSA) is 39.1 Å². The van der Waals surface area contributed by atoms with E-state index in [4.69, 9.17) is 0 Å². The Bertz CT molecular complexity index is 526. The Morgan fingerprint density at radius 2 is 1.18 bits per heavy atom. The highest BCUT2D eigenvalue weighted by Gasteiger charge is 2.33. The van der Waals surface area contributed by atoms with Crippen molar-refractivity contribution in [2.75, 3.05) is 0 Å². The number of fused-ring (bicyclic) bond motifs is 1. The standard InChI is InChI=1S/C14H17NO2/c1-6-15-9(4)11-12(10(15)5)14(17)8(3)7(2)13(11)16/h6H2,1-5H3. The van der Waals surface area contributed by atoms with Crippen LogP contribution in [-0.2, 0) is 6.54 Å². The molecular weight excluding hydrogens is 214 g/mol. The number of carbonyl (C=O) groups is 2. The highest BCUT2D eigenvalue weighted by molar-refractivity contribution is 6.27. The Labute approximate surface area is 101 Å². The molecule has 17 heavy (non-hydrogen) atoms. The maximum Gasteiger partial charge on any atom is 0.191 e. The van der Waals surface area contributed by atoms with Gasteiger partial charge in [0.2, 0.25) is 0 Å². The molecule has 0 aromatic carbocycles. The summed E-state index contributed by atoms with van der Waals surface area (Å²) in [5.41, 5.74) is 4.20. The fraction of sp³-hybridized carbons (Fsp3) is 0.429. The number of rotatable bonds is 1. The molecule has 90 valence electrons. The van der Waals surface area contributed by atoms with Crippen molar-refractivity contribution >= 4 is 11.6 Å². The summed E-state index contributed by atoms with van der Waals surface area (Å²) in [6, 6.07) is 0. The van der Waals surface area contributed by atoms with E-state index >= 15 is 0 Å². The maximum absolute atomic E-state index is 12.3. The van der Waals surface area contributed by atoms with Gasteiger partial charge >= 0.3 is 0 Å². The molecule has 0 unspecified atom stereocenters. The molecule has 0 fully saturated rings. The van der Waals surface area contributed by atoms with Crippen LogP contribution in [0.25, 0.3) is 0 Å². The van der Waals surface area contributed by atoms with Crippen molar-refractivity contribution < 1.29 is 9.59 Å². The summed E-state index contributed by atoms with van der Waals surface area (Å²) in [4.78, 5) is 24.5. The number of hydrogen-bond donors (Lipinski definition) is 0. The molecule has 1 aromatic rings. The van der Waals surface area contributed by atoms with Crippen molar-refractivity contribution in [1.29, 1.82) is 0 Å². The van der Waals surface area contributed by atoms with Crippen LogP contribution in [-0.4, -0.2) is 16.1 Å². The predicted molar refractivity (Wildman–Crippen MR) is 66.6 cm³/mol. The molecule has 1 heterocycles. The second-order valence-corrected chi connectivity index (χ2v) is 4.57. The Morgan fingerprint density at radius 3 is 1.47 bits per heavy atom. The highest BCUT2D eigenvalue weighted by atomic mass is 16.1. The van der Waals surface area contributed by atoms with Crippen LogP contribution < -0.4 is 0 Å². The van der Waals surface area contributed by atoms with Gasteiger partial charge in [-0.25, -0.2) is 0 Å². The molecule has 1 aliphatic rings. The van der Waals surface area contributed by atoms with E-state index in [-0.39, 0.29) is 11.6 Å². The monoisotopic (exact) mass is 231 g/mol. The number of hydrogen-bond acceptors (Lipinski definition) is 2. The molecular formula is C14H17NO2. The van der Waals surface area contributed by atoms with Crippen LogP contribution in [0, 0.1) is 13.8 Å². The van der Waals surface area contributed by atoms with Crippen LogP contribution in [0.5, 0.6) is 0 Å². The first-order valence-electron chi connectivity index (χ1n) is 5.88. The lowest BCUT2D eigenvalue weighted by Gasteiger charge is -2.14. The Balaban J connectivity index is 2.83. The minimum absolute atomic E-state index is 0.00454. The molecule has 0 bridgehead atoms. The number of carbonyl (C=O) groups excluding carboxylic acids is 2. The van der Waals surface area contributed by atoms with Crippen molar-refractivity contribution in [1.82, 2.24) is 4.57 Å². The zero-order valence-corrected chi connectivity index (χ0v) is 11.0. The van der Waals surface area contributed by atoms with Gasteiger partial charge in [0.15, 0.2) is 11.6 Å². The van der Waals surface area contributed by atoms with Crippen molar-refractivity contribution in [2.45, 2.75) is 41.2 Å². The van der Waals surface area contributed by atoms with Gasteiger partial charge in [0, 0.05) is 29.1 Å². The Kier molecular flexibility index (Phi) is 2.57. The minimum atomic E-state index is 0.00454. The molecule has 0 N–H and O–H groups in total. The molecule has 0 saturated carbocycles. The summed E-state index contributed by atoms with van der Waals surface area (Å²) in [6.45, 7) is 10.1. The van der Waals surface area contributed by atoms with Crippen LogP contribution in [0.4, 0.5) is 0 Å². The summed E-state index contributed by atoms with van der Waals surface area (Å²) >= 11 is 0. The summed E-state index contributed by atoms with van der Waals surface area (Å²) in [5, 5.41) is 0. The number of nitrogens with zero attached hydrogens (tertiary/aromatic N) is 1. The van der Waals surface area contributed by atoms with E-state index in [0.717, 1.165) is 17.9 Å². The zero-order valence-electron chi connectivity index (χ0n) is 11.0. The molecule has 1 aliphatic carbocycles. The van der Waals surface area contributed by atoms with Crippen LogP contribution in [0.2, 0.25) is 0 Å².